The van der Waals surface area contributed by atoms with E-state index in [1.54, 1.807) is 22.2 Å². The van der Waals surface area contributed by atoms with Gasteiger partial charge >= 0.3 is 0 Å². The van der Waals surface area contributed by atoms with Gasteiger partial charge in [-0.15, -0.1) is 22.7 Å². The van der Waals surface area contributed by atoms with Gasteiger partial charge in [-0.2, -0.15) is 0 Å². The van der Waals surface area contributed by atoms with Gasteiger partial charge in [0.25, 0.3) is 5.56 Å². The van der Waals surface area contributed by atoms with Crippen LogP contribution in [0.25, 0.3) is 10.2 Å². The molecule has 0 spiro atoms. The highest BCUT2D eigenvalue weighted by molar-refractivity contribution is 7.18. The predicted octanol–water partition coefficient (Wildman–Crippen LogP) is 4.47. The van der Waals surface area contributed by atoms with Crippen LogP contribution in [-0.4, -0.2) is 14.5 Å². The first-order valence-corrected chi connectivity index (χ1v) is 10.3. The first-order valence-electron chi connectivity index (χ1n) is 8.59. The van der Waals surface area contributed by atoms with Crippen molar-refractivity contribution < 1.29 is 4.74 Å². The van der Waals surface area contributed by atoms with Crippen molar-refractivity contribution >= 4 is 32.9 Å². The fourth-order valence-electron chi connectivity index (χ4n) is 2.82. The van der Waals surface area contributed by atoms with Crippen LogP contribution in [0.2, 0.25) is 0 Å². The SMILES string of the molecule is Cc1ccc(OCc2nc(Cn3cnc4sc(C)c(C)c4c3=O)cs2)cc1. The molecule has 0 unspecified atom stereocenters. The lowest BCUT2D eigenvalue weighted by Crippen LogP contribution is -2.21. The van der Waals surface area contributed by atoms with E-state index in [-0.39, 0.29) is 5.56 Å². The van der Waals surface area contributed by atoms with Crippen molar-refractivity contribution in [2.24, 2.45) is 0 Å². The summed E-state index contributed by atoms with van der Waals surface area (Å²) in [5.74, 6) is 0.825. The molecular formula is C20H19N3O2S2. The molecule has 7 heteroatoms. The Hall–Kier alpha value is -2.51. The van der Waals surface area contributed by atoms with Crippen LogP contribution in [0, 0.1) is 20.8 Å². The Labute approximate surface area is 164 Å². The Bertz CT molecular complexity index is 1160. The third kappa shape index (κ3) is 3.65. The summed E-state index contributed by atoms with van der Waals surface area (Å²) >= 11 is 3.10. The van der Waals surface area contributed by atoms with Crippen molar-refractivity contribution in [1.82, 2.24) is 14.5 Å². The molecule has 3 heterocycles. The van der Waals surface area contributed by atoms with E-state index in [0.29, 0.717) is 13.2 Å². The summed E-state index contributed by atoms with van der Waals surface area (Å²) in [4.78, 5) is 23.8. The van der Waals surface area contributed by atoms with Crippen molar-refractivity contribution in [3.63, 3.8) is 0 Å². The minimum Gasteiger partial charge on any atom is -0.486 e. The van der Waals surface area contributed by atoms with Crippen molar-refractivity contribution in [3.05, 3.63) is 73.0 Å². The lowest BCUT2D eigenvalue weighted by atomic mass is 10.2. The molecule has 0 saturated carbocycles. The van der Waals surface area contributed by atoms with Gasteiger partial charge in [-0.05, 0) is 38.5 Å². The molecule has 27 heavy (non-hydrogen) atoms. The van der Waals surface area contributed by atoms with Gasteiger partial charge in [0.05, 0.1) is 24.0 Å². The fraction of sp³-hybridized carbons (Fsp3) is 0.250. The first kappa shape index (κ1) is 17.9. The van der Waals surface area contributed by atoms with E-state index in [1.807, 2.05) is 50.4 Å². The molecule has 0 atom stereocenters. The number of rotatable bonds is 5. The maximum absolute atomic E-state index is 12.8. The Morgan fingerprint density at radius 2 is 1.93 bits per heavy atom. The summed E-state index contributed by atoms with van der Waals surface area (Å²) in [5, 5.41) is 3.57. The highest BCUT2D eigenvalue weighted by atomic mass is 32.1. The van der Waals surface area contributed by atoms with Gasteiger partial charge in [0.15, 0.2) is 0 Å². The van der Waals surface area contributed by atoms with Gasteiger partial charge in [0.1, 0.15) is 22.2 Å². The highest BCUT2D eigenvalue weighted by Gasteiger charge is 2.13. The van der Waals surface area contributed by atoms with Crippen LogP contribution in [-0.2, 0) is 13.2 Å². The molecule has 0 fully saturated rings. The molecule has 3 aromatic heterocycles. The van der Waals surface area contributed by atoms with Crippen LogP contribution in [0.5, 0.6) is 5.75 Å². The summed E-state index contributed by atoms with van der Waals surface area (Å²) in [5.41, 5.74) is 3.06. The van der Waals surface area contributed by atoms with Gasteiger partial charge < -0.3 is 4.74 Å². The Morgan fingerprint density at radius 3 is 2.70 bits per heavy atom. The second kappa shape index (κ2) is 7.25. The quantitative estimate of drug-likeness (QED) is 0.499. The number of hydrogen-bond donors (Lipinski definition) is 0. The van der Waals surface area contributed by atoms with E-state index in [9.17, 15) is 4.79 Å². The van der Waals surface area contributed by atoms with Crippen LogP contribution in [0.4, 0.5) is 0 Å². The minimum atomic E-state index is -0.00712. The lowest BCUT2D eigenvalue weighted by molar-refractivity contribution is 0.305. The second-order valence-corrected chi connectivity index (χ2v) is 8.62. The van der Waals surface area contributed by atoms with Crippen molar-refractivity contribution in [2.45, 2.75) is 33.9 Å². The molecule has 0 amide bonds. The molecule has 0 saturated heterocycles. The fourth-order valence-corrected chi connectivity index (χ4v) is 4.51. The van der Waals surface area contributed by atoms with Crippen LogP contribution in [0.15, 0.2) is 40.8 Å². The molecule has 0 radical (unpaired) electrons. The van der Waals surface area contributed by atoms with Crippen LogP contribution in [0.3, 0.4) is 0 Å². The summed E-state index contributed by atoms with van der Waals surface area (Å²) in [7, 11) is 0. The normalized spacial score (nSPS) is 11.2. The van der Waals surface area contributed by atoms with Crippen molar-refractivity contribution in [1.29, 1.82) is 0 Å². The molecule has 4 aromatic rings. The predicted molar refractivity (Wildman–Crippen MR) is 110 cm³/mol. The molecule has 0 aliphatic heterocycles. The Balaban J connectivity index is 1.50. The van der Waals surface area contributed by atoms with Gasteiger partial charge in [-0.25, -0.2) is 9.97 Å². The smallest absolute Gasteiger partial charge is 0.262 e. The lowest BCUT2D eigenvalue weighted by Gasteiger charge is -2.04. The zero-order chi connectivity index (χ0) is 19.0. The van der Waals surface area contributed by atoms with Gasteiger partial charge in [-0.1, -0.05) is 17.7 Å². The number of benzene rings is 1. The average Bonchev–Trinajstić information content (AvgIpc) is 3.22. The molecule has 0 N–H and O–H groups in total. The molecule has 4 rings (SSSR count). The van der Waals surface area contributed by atoms with Crippen LogP contribution >= 0.6 is 22.7 Å². The Kier molecular flexibility index (Phi) is 4.80. The molecule has 0 bridgehead atoms. The molecule has 0 aliphatic rings. The number of ether oxygens (including phenoxy) is 1. The van der Waals surface area contributed by atoms with E-state index in [4.69, 9.17) is 4.74 Å². The highest BCUT2D eigenvalue weighted by Crippen LogP contribution is 2.25. The number of aryl methyl sites for hydroxylation is 3. The third-order valence-corrected chi connectivity index (χ3v) is 6.46. The standard InChI is InChI=1S/C20H19N3O2S2/c1-12-4-6-16(7-5-12)25-9-17-22-15(10-26-17)8-23-11-21-19-18(20(23)24)13(2)14(3)27-19/h4-7,10-11H,8-9H2,1-3H3. The number of thiophene rings is 1. The van der Waals surface area contributed by atoms with E-state index < -0.39 is 0 Å². The number of fused-ring (bicyclic) bond motifs is 1. The summed E-state index contributed by atoms with van der Waals surface area (Å²) < 4.78 is 7.41. The second-order valence-electron chi connectivity index (χ2n) is 6.48. The van der Waals surface area contributed by atoms with E-state index in [0.717, 1.165) is 37.1 Å². The maximum atomic E-state index is 12.8. The van der Waals surface area contributed by atoms with Gasteiger partial charge in [0, 0.05) is 10.3 Å². The average molecular weight is 398 g/mol. The minimum absolute atomic E-state index is 0.00712. The zero-order valence-corrected chi connectivity index (χ0v) is 17.0. The number of aromatic nitrogens is 3. The van der Waals surface area contributed by atoms with Crippen molar-refractivity contribution in [2.75, 3.05) is 0 Å². The zero-order valence-electron chi connectivity index (χ0n) is 15.4. The largest absolute Gasteiger partial charge is 0.486 e. The molecular weight excluding hydrogens is 378 g/mol. The third-order valence-electron chi connectivity index (χ3n) is 4.47. The van der Waals surface area contributed by atoms with Gasteiger partial charge in [-0.3, -0.25) is 9.36 Å². The number of nitrogens with zero attached hydrogens (tertiary/aromatic N) is 3. The summed E-state index contributed by atoms with van der Waals surface area (Å²) in [6.07, 6.45) is 1.61. The molecule has 1 aromatic carbocycles. The molecule has 138 valence electrons. The van der Waals surface area contributed by atoms with Crippen LogP contribution < -0.4 is 10.3 Å². The monoisotopic (exact) mass is 397 g/mol. The van der Waals surface area contributed by atoms with E-state index in [1.165, 1.54) is 16.9 Å². The van der Waals surface area contributed by atoms with Crippen LogP contribution in [0.1, 0.15) is 26.7 Å². The van der Waals surface area contributed by atoms with E-state index in [2.05, 4.69) is 9.97 Å². The van der Waals surface area contributed by atoms with Gasteiger partial charge in [0.2, 0.25) is 0 Å². The molecule has 0 aliphatic carbocycles. The maximum Gasteiger partial charge on any atom is 0.262 e. The topological polar surface area (TPSA) is 57.0 Å². The molecule has 5 nitrogen and oxygen atoms in total. The van der Waals surface area contributed by atoms with Crippen molar-refractivity contribution in [3.8, 4) is 5.75 Å². The first-order chi connectivity index (χ1) is 13.0. The number of thiazole rings is 1. The van der Waals surface area contributed by atoms with E-state index >= 15 is 0 Å². The Morgan fingerprint density at radius 1 is 1.15 bits per heavy atom. The number of hydrogen-bond acceptors (Lipinski definition) is 6. The summed E-state index contributed by atoms with van der Waals surface area (Å²) in [6.45, 7) is 6.88. The summed E-state index contributed by atoms with van der Waals surface area (Å²) in [6, 6.07) is 7.95.